The quantitative estimate of drug-likeness (QED) is 0.778. The summed E-state index contributed by atoms with van der Waals surface area (Å²) in [4.78, 5) is 0. The largest absolute Gasteiger partial charge is 0.491 e. The van der Waals surface area contributed by atoms with Crippen molar-refractivity contribution in [2.24, 2.45) is 0 Å². The lowest BCUT2D eigenvalue weighted by molar-refractivity contribution is 0.242. The molecule has 0 saturated heterocycles. The van der Waals surface area contributed by atoms with E-state index in [2.05, 4.69) is 19.1 Å². The van der Waals surface area contributed by atoms with E-state index in [4.69, 9.17) is 4.74 Å². The average Bonchev–Trinajstić information content (AvgIpc) is 2.05. The van der Waals surface area contributed by atoms with Crippen molar-refractivity contribution in [2.45, 2.75) is 33.3 Å². The molecule has 0 bridgehead atoms. The van der Waals surface area contributed by atoms with Gasteiger partial charge in [-0.3, -0.25) is 0 Å². The Morgan fingerprint density at radius 1 is 1.15 bits per heavy atom. The Morgan fingerprint density at radius 2 is 1.69 bits per heavy atom. The van der Waals surface area contributed by atoms with Crippen LogP contribution in [-0.2, 0) is 6.42 Å². The third-order valence-corrected chi connectivity index (χ3v) is 1.70. The second-order valence-electron chi connectivity index (χ2n) is 3.16. The average molecular weight is 181 g/mol. The molecule has 1 aromatic carbocycles. The van der Waals surface area contributed by atoms with Gasteiger partial charge < -0.3 is 10.9 Å². The Bertz CT molecular complexity index is 228. The number of benzene rings is 1. The summed E-state index contributed by atoms with van der Waals surface area (Å²) in [5, 5.41) is 0. The molecule has 0 spiro atoms. The maximum atomic E-state index is 5.51. The van der Waals surface area contributed by atoms with Crippen LogP contribution in [0.2, 0.25) is 0 Å². The van der Waals surface area contributed by atoms with Crippen LogP contribution in [0.5, 0.6) is 5.75 Å². The fourth-order valence-electron chi connectivity index (χ4n) is 1.08. The van der Waals surface area contributed by atoms with Crippen LogP contribution in [0, 0.1) is 0 Å². The van der Waals surface area contributed by atoms with Gasteiger partial charge in [-0.2, -0.15) is 0 Å². The van der Waals surface area contributed by atoms with E-state index in [1.165, 1.54) is 5.56 Å². The summed E-state index contributed by atoms with van der Waals surface area (Å²) in [7, 11) is 0. The van der Waals surface area contributed by atoms with E-state index in [1.54, 1.807) is 0 Å². The standard InChI is InChI=1S/C11H16O.H3N/c1-4-10-5-7-11(8-6-10)12-9(2)3;/h5-9H,4H2,1-3H3;1H3. The topological polar surface area (TPSA) is 44.2 Å². The van der Waals surface area contributed by atoms with Gasteiger partial charge in [-0.05, 0) is 38.0 Å². The van der Waals surface area contributed by atoms with Gasteiger partial charge in [-0.1, -0.05) is 19.1 Å². The molecule has 0 amide bonds. The van der Waals surface area contributed by atoms with E-state index in [0.717, 1.165) is 12.2 Å². The fraction of sp³-hybridized carbons (Fsp3) is 0.455. The second kappa shape index (κ2) is 5.60. The SMILES string of the molecule is CCc1ccc(OC(C)C)cc1.N. The van der Waals surface area contributed by atoms with Crippen molar-refractivity contribution in [1.29, 1.82) is 0 Å². The third-order valence-electron chi connectivity index (χ3n) is 1.70. The molecule has 0 fully saturated rings. The van der Waals surface area contributed by atoms with Gasteiger partial charge in [0.1, 0.15) is 5.75 Å². The summed E-state index contributed by atoms with van der Waals surface area (Å²) in [6.07, 6.45) is 1.35. The summed E-state index contributed by atoms with van der Waals surface area (Å²) < 4.78 is 5.51. The highest BCUT2D eigenvalue weighted by Crippen LogP contribution is 2.13. The molecule has 3 N–H and O–H groups in total. The van der Waals surface area contributed by atoms with Gasteiger partial charge >= 0.3 is 0 Å². The first-order chi connectivity index (χ1) is 5.72. The molecule has 13 heavy (non-hydrogen) atoms. The molecule has 0 aliphatic rings. The van der Waals surface area contributed by atoms with Gasteiger partial charge in [0.25, 0.3) is 0 Å². The van der Waals surface area contributed by atoms with Gasteiger partial charge in [-0.15, -0.1) is 0 Å². The molecule has 0 saturated carbocycles. The minimum absolute atomic E-state index is 0. The molecular formula is C11H19NO. The Balaban J connectivity index is 0.00000144. The number of hydrogen-bond donors (Lipinski definition) is 1. The van der Waals surface area contributed by atoms with Crippen molar-refractivity contribution >= 4 is 0 Å². The van der Waals surface area contributed by atoms with Gasteiger partial charge in [0.05, 0.1) is 6.10 Å². The van der Waals surface area contributed by atoms with E-state index >= 15 is 0 Å². The fourth-order valence-corrected chi connectivity index (χ4v) is 1.08. The van der Waals surface area contributed by atoms with Gasteiger partial charge in [0.15, 0.2) is 0 Å². The van der Waals surface area contributed by atoms with E-state index in [0.29, 0.717) is 0 Å². The minimum Gasteiger partial charge on any atom is -0.491 e. The van der Waals surface area contributed by atoms with E-state index in [9.17, 15) is 0 Å². The van der Waals surface area contributed by atoms with Crippen LogP contribution < -0.4 is 10.9 Å². The van der Waals surface area contributed by atoms with Crippen molar-refractivity contribution in [2.75, 3.05) is 0 Å². The van der Waals surface area contributed by atoms with Gasteiger partial charge in [0.2, 0.25) is 0 Å². The van der Waals surface area contributed by atoms with Crippen molar-refractivity contribution in [3.8, 4) is 5.75 Å². The van der Waals surface area contributed by atoms with Crippen LogP contribution in [0.15, 0.2) is 24.3 Å². The highest BCUT2D eigenvalue weighted by atomic mass is 16.5. The minimum atomic E-state index is 0. The molecule has 0 unspecified atom stereocenters. The smallest absolute Gasteiger partial charge is 0.119 e. The molecule has 2 nitrogen and oxygen atoms in total. The highest BCUT2D eigenvalue weighted by molar-refractivity contribution is 5.27. The summed E-state index contributed by atoms with van der Waals surface area (Å²) >= 11 is 0. The molecule has 74 valence electrons. The van der Waals surface area contributed by atoms with Crippen LogP contribution >= 0.6 is 0 Å². The van der Waals surface area contributed by atoms with Gasteiger partial charge in [0, 0.05) is 0 Å². The molecule has 1 rings (SSSR count). The summed E-state index contributed by atoms with van der Waals surface area (Å²) in [5.41, 5.74) is 1.35. The van der Waals surface area contributed by atoms with Gasteiger partial charge in [-0.25, -0.2) is 0 Å². The Hall–Kier alpha value is -1.02. The van der Waals surface area contributed by atoms with Crippen LogP contribution in [0.1, 0.15) is 26.3 Å². The third kappa shape index (κ3) is 3.95. The lowest BCUT2D eigenvalue weighted by Gasteiger charge is -2.09. The normalized spacial score (nSPS) is 9.54. The molecule has 2 heteroatoms. The first kappa shape index (κ1) is 12.0. The van der Waals surface area contributed by atoms with Crippen molar-refractivity contribution in [3.05, 3.63) is 29.8 Å². The van der Waals surface area contributed by atoms with Crippen LogP contribution in [0.4, 0.5) is 0 Å². The molecule has 0 atom stereocenters. The lowest BCUT2D eigenvalue weighted by atomic mass is 10.2. The Kier molecular flexibility index (Phi) is 5.16. The summed E-state index contributed by atoms with van der Waals surface area (Å²) in [6, 6.07) is 8.27. The van der Waals surface area contributed by atoms with Crippen LogP contribution in [0.25, 0.3) is 0 Å². The zero-order chi connectivity index (χ0) is 8.97. The molecule has 0 radical (unpaired) electrons. The van der Waals surface area contributed by atoms with Crippen molar-refractivity contribution in [1.82, 2.24) is 6.15 Å². The molecule has 0 heterocycles. The number of aryl methyl sites for hydroxylation is 1. The predicted molar refractivity (Wildman–Crippen MR) is 56.6 cm³/mol. The maximum Gasteiger partial charge on any atom is 0.119 e. The molecule has 1 aromatic rings. The maximum absolute atomic E-state index is 5.51. The van der Waals surface area contributed by atoms with E-state index < -0.39 is 0 Å². The van der Waals surface area contributed by atoms with Crippen LogP contribution in [0.3, 0.4) is 0 Å². The number of ether oxygens (including phenoxy) is 1. The summed E-state index contributed by atoms with van der Waals surface area (Å²) in [5.74, 6) is 0.960. The predicted octanol–water partition coefficient (Wildman–Crippen LogP) is 3.20. The van der Waals surface area contributed by atoms with E-state index in [-0.39, 0.29) is 12.3 Å². The molecule has 0 aromatic heterocycles. The first-order valence-corrected chi connectivity index (χ1v) is 4.48. The monoisotopic (exact) mass is 181 g/mol. The van der Waals surface area contributed by atoms with Crippen LogP contribution in [-0.4, -0.2) is 6.10 Å². The second-order valence-corrected chi connectivity index (χ2v) is 3.16. The molecular weight excluding hydrogens is 162 g/mol. The molecule has 0 aliphatic heterocycles. The Morgan fingerprint density at radius 3 is 2.08 bits per heavy atom. The number of rotatable bonds is 3. The van der Waals surface area contributed by atoms with Crippen molar-refractivity contribution < 1.29 is 4.74 Å². The van der Waals surface area contributed by atoms with E-state index in [1.807, 2.05) is 26.0 Å². The highest BCUT2D eigenvalue weighted by Gasteiger charge is 1.96. The number of hydrogen-bond acceptors (Lipinski definition) is 2. The summed E-state index contributed by atoms with van der Waals surface area (Å²) in [6.45, 7) is 6.22. The first-order valence-electron chi connectivity index (χ1n) is 4.48. The Labute approximate surface area is 80.5 Å². The lowest BCUT2D eigenvalue weighted by Crippen LogP contribution is -2.05. The zero-order valence-electron chi connectivity index (χ0n) is 8.71. The zero-order valence-corrected chi connectivity index (χ0v) is 8.71. The molecule has 0 aliphatic carbocycles. The van der Waals surface area contributed by atoms with Crippen molar-refractivity contribution in [3.63, 3.8) is 0 Å².